The van der Waals surface area contributed by atoms with Crippen LogP contribution in [0.3, 0.4) is 0 Å². The molecule has 0 N–H and O–H groups in total. The van der Waals surface area contributed by atoms with E-state index in [4.69, 9.17) is 16.3 Å². The quantitative estimate of drug-likeness (QED) is 0.841. The van der Waals surface area contributed by atoms with Gasteiger partial charge in [0, 0.05) is 18.7 Å². The van der Waals surface area contributed by atoms with Crippen LogP contribution in [0.15, 0.2) is 24.3 Å². The second-order valence-corrected chi connectivity index (χ2v) is 7.18. The molecule has 25 heavy (non-hydrogen) atoms. The Morgan fingerprint density at radius 1 is 1.20 bits per heavy atom. The molecule has 2 atom stereocenters. The molecule has 0 unspecified atom stereocenters. The molecule has 1 aromatic heterocycles. The van der Waals surface area contributed by atoms with Gasteiger partial charge in [0.15, 0.2) is 0 Å². The molecule has 5 nitrogen and oxygen atoms in total. The molecule has 0 saturated carbocycles. The summed E-state index contributed by atoms with van der Waals surface area (Å²) in [4.78, 5) is 14.6. The van der Waals surface area contributed by atoms with E-state index in [2.05, 4.69) is 5.10 Å². The summed E-state index contributed by atoms with van der Waals surface area (Å²) in [6, 6.07) is 7.72. The third-order valence-corrected chi connectivity index (χ3v) is 5.08. The van der Waals surface area contributed by atoms with Crippen molar-refractivity contribution < 1.29 is 9.53 Å². The molecule has 1 aromatic carbocycles. The van der Waals surface area contributed by atoms with Crippen molar-refractivity contribution in [2.24, 2.45) is 0 Å². The van der Waals surface area contributed by atoms with E-state index in [0.29, 0.717) is 30.2 Å². The summed E-state index contributed by atoms with van der Waals surface area (Å²) < 4.78 is 7.59. The topological polar surface area (TPSA) is 47.4 Å². The third kappa shape index (κ3) is 3.88. The van der Waals surface area contributed by atoms with Crippen molar-refractivity contribution in [2.45, 2.75) is 46.4 Å². The van der Waals surface area contributed by atoms with Crippen LogP contribution in [0.5, 0.6) is 0 Å². The van der Waals surface area contributed by atoms with Gasteiger partial charge >= 0.3 is 0 Å². The number of hydrogen-bond donors (Lipinski definition) is 0. The highest BCUT2D eigenvalue weighted by Crippen LogP contribution is 2.20. The Labute approximate surface area is 153 Å². The highest BCUT2D eigenvalue weighted by molar-refractivity contribution is 6.31. The Hall–Kier alpha value is -1.85. The van der Waals surface area contributed by atoms with Gasteiger partial charge in [0.1, 0.15) is 0 Å². The van der Waals surface area contributed by atoms with Crippen molar-refractivity contribution in [1.29, 1.82) is 0 Å². The first kappa shape index (κ1) is 18.0. The number of carbonyl (C=O) groups is 1. The number of ether oxygens (including phenoxy) is 1. The second kappa shape index (κ2) is 7.18. The lowest BCUT2D eigenvalue weighted by molar-refractivity contribution is -0.0586. The van der Waals surface area contributed by atoms with Crippen molar-refractivity contribution in [1.82, 2.24) is 14.7 Å². The van der Waals surface area contributed by atoms with Gasteiger partial charge in [0.05, 0.1) is 35.2 Å². The van der Waals surface area contributed by atoms with Gasteiger partial charge < -0.3 is 9.64 Å². The molecule has 0 aliphatic carbocycles. The summed E-state index contributed by atoms with van der Waals surface area (Å²) in [6.07, 6.45) is 0.144. The lowest BCUT2D eigenvalue weighted by Gasteiger charge is -2.35. The van der Waals surface area contributed by atoms with Crippen LogP contribution in [0.25, 0.3) is 0 Å². The third-order valence-electron chi connectivity index (χ3n) is 4.53. The normalized spacial score (nSPS) is 20.8. The summed E-state index contributed by atoms with van der Waals surface area (Å²) in [5.74, 6) is 0.0581. The van der Waals surface area contributed by atoms with E-state index in [9.17, 15) is 4.79 Å². The Morgan fingerprint density at radius 2 is 1.80 bits per heavy atom. The number of hydrogen-bond acceptors (Lipinski definition) is 3. The number of benzene rings is 1. The molecule has 2 aromatic rings. The summed E-state index contributed by atoms with van der Waals surface area (Å²) in [5, 5.41) is 5.16. The first-order valence-corrected chi connectivity index (χ1v) is 8.96. The first-order chi connectivity index (χ1) is 11.8. The number of morpholine rings is 1. The molecule has 6 heteroatoms. The largest absolute Gasteiger partial charge is 0.372 e. The molecule has 1 aliphatic rings. The molecule has 2 heterocycles. The van der Waals surface area contributed by atoms with Crippen LogP contribution >= 0.6 is 11.6 Å². The summed E-state index contributed by atoms with van der Waals surface area (Å²) in [6.45, 7) is 9.76. The molecule has 0 spiro atoms. The van der Waals surface area contributed by atoms with E-state index >= 15 is 0 Å². The molecule has 1 amide bonds. The molecular formula is C19H24ClN3O2. The predicted octanol–water partition coefficient (Wildman–Crippen LogP) is 3.45. The molecule has 1 fully saturated rings. The number of halogens is 1. The Morgan fingerprint density at radius 3 is 2.32 bits per heavy atom. The maximum Gasteiger partial charge on any atom is 0.254 e. The van der Waals surface area contributed by atoms with Gasteiger partial charge in [0.25, 0.3) is 5.91 Å². The van der Waals surface area contributed by atoms with Crippen molar-refractivity contribution in [3.8, 4) is 0 Å². The predicted molar refractivity (Wildman–Crippen MR) is 98.2 cm³/mol. The lowest BCUT2D eigenvalue weighted by atomic mass is 10.1. The molecule has 1 aliphatic heterocycles. The van der Waals surface area contributed by atoms with Crippen LogP contribution in [0.1, 0.15) is 41.2 Å². The van der Waals surface area contributed by atoms with E-state index in [0.717, 1.165) is 17.0 Å². The zero-order valence-corrected chi connectivity index (χ0v) is 15.9. The summed E-state index contributed by atoms with van der Waals surface area (Å²) in [5.41, 5.74) is 3.58. The standard InChI is InChI=1S/C19H24ClN3O2/c1-12-9-22(10-13(2)25-12)19(24)17-7-5-16(6-8-17)11-23-15(4)18(20)14(3)21-23/h5-8,12-13H,9-11H2,1-4H3/t12-,13+. The number of amides is 1. The number of aromatic nitrogens is 2. The van der Waals surface area contributed by atoms with Crippen molar-refractivity contribution >= 4 is 17.5 Å². The zero-order chi connectivity index (χ0) is 18.1. The van der Waals surface area contributed by atoms with Gasteiger partial charge in [-0.1, -0.05) is 23.7 Å². The SMILES string of the molecule is Cc1nn(Cc2ccc(C(=O)N3C[C@@H](C)O[C@@H](C)C3)cc2)c(C)c1Cl. The number of rotatable bonds is 3. The van der Waals surface area contributed by atoms with Crippen molar-refractivity contribution in [2.75, 3.05) is 13.1 Å². The van der Waals surface area contributed by atoms with Gasteiger partial charge in [-0.2, -0.15) is 5.10 Å². The van der Waals surface area contributed by atoms with Gasteiger partial charge in [-0.15, -0.1) is 0 Å². The van der Waals surface area contributed by atoms with Crippen LogP contribution < -0.4 is 0 Å². The number of aryl methyl sites for hydroxylation is 1. The molecule has 0 radical (unpaired) electrons. The molecule has 1 saturated heterocycles. The van der Waals surface area contributed by atoms with E-state index in [-0.39, 0.29) is 18.1 Å². The van der Waals surface area contributed by atoms with Gasteiger partial charge in [-0.05, 0) is 45.4 Å². The van der Waals surface area contributed by atoms with E-state index in [1.54, 1.807) is 0 Å². The molecule has 134 valence electrons. The first-order valence-electron chi connectivity index (χ1n) is 8.58. The summed E-state index contributed by atoms with van der Waals surface area (Å²) >= 11 is 6.20. The molecule has 3 rings (SSSR count). The van der Waals surface area contributed by atoms with Crippen LogP contribution in [0, 0.1) is 13.8 Å². The maximum absolute atomic E-state index is 12.7. The lowest BCUT2D eigenvalue weighted by Crippen LogP contribution is -2.48. The fraction of sp³-hybridized carbons (Fsp3) is 0.474. The Kier molecular flexibility index (Phi) is 5.16. The van der Waals surface area contributed by atoms with Crippen LogP contribution in [0.2, 0.25) is 5.02 Å². The highest BCUT2D eigenvalue weighted by atomic mass is 35.5. The molecular weight excluding hydrogens is 338 g/mol. The number of nitrogens with zero attached hydrogens (tertiary/aromatic N) is 3. The van der Waals surface area contributed by atoms with Crippen LogP contribution in [-0.4, -0.2) is 45.9 Å². The second-order valence-electron chi connectivity index (χ2n) is 6.81. The van der Waals surface area contributed by atoms with Crippen LogP contribution in [0.4, 0.5) is 0 Å². The Bertz CT molecular complexity index is 760. The maximum atomic E-state index is 12.7. The fourth-order valence-electron chi connectivity index (χ4n) is 3.28. The Balaban J connectivity index is 1.71. The average Bonchev–Trinajstić information content (AvgIpc) is 2.81. The minimum absolute atomic E-state index is 0.0581. The molecule has 0 bridgehead atoms. The smallest absolute Gasteiger partial charge is 0.254 e. The van der Waals surface area contributed by atoms with E-state index < -0.39 is 0 Å². The minimum atomic E-state index is 0.0581. The van der Waals surface area contributed by atoms with Gasteiger partial charge in [-0.25, -0.2) is 0 Å². The van der Waals surface area contributed by atoms with Crippen LogP contribution in [-0.2, 0) is 11.3 Å². The number of carbonyl (C=O) groups excluding carboxylic acids is 1. The monoisotopic (exact) mass is 361 g/mol. The average molecular weight is 362 g/mol. The van der Waals surface area contributed by atoms with Crippen molar-refractivity contribution in [3.63, 3.8) is 0 Å². The van der Waals surface area contributed by atoms with Crippen molar-refractivity contribution in [3.05, 3.63) is 51.8 Å². The highest BCUT2D eigenvalue weighted by Gasteiger charge is 2.26. The van der Waals surface area contributed by atoms with Gasteiger partial charge in [0.2, 0.25) is 0 Å². The summed E-state index contributed by atoms with van der Waals surface area (Å²) in [7, 11) is 0. The fourth-order valence-corrected chi connectivity index (χ4v) is 3.42. The van der Waals surface area contributed by atoms with Gasteiger partial charge in [-0.3, -0.25) is 9.48 Å². The zero-order valence-electron chi connectivity index (χ0n) is 15.1. The van der Waals surface area contributed by atoms with E-state index in [1.807, 2.05) is 61.5 Å². The minimum Gasteiger partial charge on any atom is -0.372 e. The van der Waals surface area contributed by atoms with E-state index in [1.165, 1.54) is 0 Å².